The van der Waals surface area contributed by atoms with Gasteiger partial charge in [0.05, 0.1) is 15.9 Å². The number of hydrogen-bond donors (Lipinski definition) is 0. The summed E-state index contributed by atoms with van der Waals surface area (Å²) in [6.45, 7) is -0.0463. The van der Waals surface area contributed by atoms with Crippen LogP contribution in [0.1, 0.15) is 0 Å². The minimum absolute atomic E-state index is 0. The topological polar surface area (TPSA) is 77.5 Å². The van der Waals surface area contributed by atoms with Crippen LogP contribution in [-0.2, 0) is 14.9 Å². The summed E-state index contributed by atoms with van der Waals surface area (Å²) in [5.74, 6) is -0.526. The van der Waals surface area contributed by atoms with Crippen molar-refractivity contribution in [2.24, 2.45) is 0 Å². The van der Waals surface area contributed by atoms with Crippen molar-refractivity contribution in [3.05, 3.63) is 0 Å². The molecule has 0 fully saturated rings. The van der Waals surface area contributed by atoms with E-state index in [-0.39, 0.29) is 36.1 Å². The van der Waals surface area contributed by atoms with Gasteiger partial charge in [-0.05, 0) is 0 Å². The largest absolute Gasteiger partial charge is 1.00 e. The van der Waals surface area contributed by atoms with Crippen LogP contribution in [-0.4, -0.2) is 43.6 Å². The van der Waals surface area contributed by atoms with Crippen LogP contribution in [0.4, 0.5) is 0 Å². The summed E-state index contributed by atoms with van der Waals surface area (Å²) in [6, 6.07) is 0. The standard InChI is InChI=1S/C4H9NO4S.Na/c1-5(4-6)2-3-10(7,8)9;/h4H,2-3H2,1H3,(H,7,8,9);/q;+1/p-1. The van der Waals surface area contributed by atoms with E-state index in [0.29, 0.717) is 6.41 Å². The summed E-state index contributed by atoms with van der Waals surface area (Å²) in [7, 11) is -2.78. The SMILES string of the molecule is CN(C=O)CCS(=O)(=O)[O-].[Na+]. The molecule has 0 aliphatic carbocycles. The van der Waals surface area contributed by atoms with Crippen LogP contribution >= 0.6 is 0 Å². The van der Waals surface area contributed by atoms with Gasteiger partial charge in [0.2, 0.25) is 6.41 Å². The molecule has 7 heteroatoms. The molecule has 0 aromatic heterocycles. The zero-order valence-corrected chi connectivity index (χ0v) is 9.30. The Morgan fingerprint density at radius 1 is 1.55 bits per heavy atom. The molecule has 0 bridgehead atoms. The molecule has 0 heterocycles. The molecule has 0 aromatic carbocycles. The van der Waals surface area contributed by atoms with Crippen molar-refractivity contribution in [1.82, 2.24) is 4.90 Å². The van der Waals surface area contributed by atoms with E-state index in [2.05, 4.69) is 0 Å². The number of amides is 1. The Bertz CT molecular complexity index is 202. The summed E-state index contributed by atoms with van der Waals surface area (Å²) in [5, 5.41) is 0. The Morgan fingerprint density at radius 2 is 2.00 bits per heavy atom. The molecule has 0 saturated carbocycles. The van der Waals surface area contributed by atoms with E-state index >= 15 is 0 Å². The molecule has 0 unspecified atom stereocenters. The Hall–Kier alpha value is 0.380. The molecular formula is C4H8NNaO4S. The Morgan fingerprint density at radius 3 is 2.27 bits per heavy atom. The molecule has 0 atom stereocenters. The first-order valence-corrected chi connectivity index (χ1v) is 4.12. The van der Waals surface area contributed by atoms with Gasteiger partial charge in [0.15, 0.2) is 0 Å². The van der Waals surface area contributed by atoms with E-state index in [1.807, 2.05) is 0 Å². The van der Waals surface area contributed by atoms with Crippen LogP contribution in [0.5, 0.6) is 0 Å². The first-order valence-electron chi connectivity index (χ1n) is 2.55. The van der Waals surface area contributed by atoms with Crippen molar-refractivity contribution >= 4 is 16.5 Å². The summed E-state index contributed by atoms with van der Waals surface area (Å²) in [6.07, 6.45) is 0.463. The van der Waals surface area contributed by atoms with Crippen LogP contribution < -0.4 is 29.6 Å². The molecule has 5 nitrogen and oxygen atoms in total. The molecule has 60 valence electrons. The summed E-state index contributed by atoms with van der Waals surface area (Å²) >= 11 is 0. The third kappa shape index (κ3) is 10.4. The fourth-order valence-corrected chi connectivity index (χ4v) is 0.820. The Labute approximate surface area is 87.8 Å². The van der Waals surface area contributed by atoms with Gasteiger partial charge in [0, 0.05) is 13.6 Å². The van der Waals surface area contributed by atoms with Crippen molar-refractivity contribution in [3.63, 3.8) is 0 Å². The molecule has 0 aromatic rings. The first-order chi connectivity index (χ1) is 4.45. The van der Waals surface area contributed by atoms with Crippen molar-refractivity contribution in [2.45, 2.75) is 0 Å². The van der Waals surface area contributed by atoms with Crippen molar-refractivity contribution in [3.8, 4) is 0 Å². The number of carbonyl (C=O) groups excluding carboxylic acids is 1. The maximum absolute atomic E-state index is 9.95. The van der Waals surface area contributed by atoms with Gasteiger partial charge in [-0.1, -0.05) is 0 Å². The van der Waals surface area contributed by atoms with Gasteiger partial charge >= 0.3 is 29.6 Å². The quantitative estimate of drug-likeness (QED) is 0.254. The monoisotopic (exact) mass is 189 g/mol. The van der Waals surface area contributed by atoms with E-state index in [9.17, 15) is 17.8 Å². The fraction of sp³-hybridized carbons (Fsp3) is 0.750. The van der Waals surface area contributed by atoms with Crippen molar-refractivity contribution < 1.29 is 47.3 Å². The molecule has 0 aliphatic heterocycles. The van der Waals surface area contributed by atoms with E-state index < -0.39 is 15.9 Å². The molecule has 11 heavy (non-hydrogen) atoms. The molecule has 0 N–H and O–H groups in total. The molecule has 0 aliphatic rings. The van der Waals surface area contributed by atoms with Gasteiger partial charge in [-0.2, -0.15) is 0 Å². The van der Waals surface area contributed by atoms with E-state index in [1.54, 1.807) is 0 Å². The second kappa shape index (κ2) is 5.96. The van der Waals surface area contributed by atoms with Crippen LogP contribution in [0.2, 0.25) is 0 Å². The van der Waals surface area contributed by atoms with Crippen LogP contribution in [0.3, 0.4) is 0 Å². The van der Waals surface area contributed by atoms with Crippen molar-refractivity contribution in [1.29, 1.82) is 0 Å². The summed E-state index contributed by atoms with van der Waals surface area (Å²) in [4.78, 5) is 10.9. The smallest absolute Gasteiger partial charge is 0.748 e. The molecule has 0 spiro atoms. The minimum atomic E-state index is -4.18. The third-order valence-corrected chi connectivity index (χ3v) is 1.56. The number of carbonyl (C=O) groups is 1. The van der Waals surface area contributed by atoms with Gasteiger partial charge in [-0.15, -0.1) is 0 Å². The van der Waals surface area contributed by atoms with Crippen LogP contribution in [0.15, 0.2) is 0 Å². The maximum Gasteiger partial charge on any atom is 1.00 e. The van der Waals surface area contributed by atoms with Gasteiger partial charge in [0.25, 0.3) is 0 Å². The number of hydrogen-bond acceptors (Lipinski definition) is 4. The number of rotatable bonds is 4. The molecule has 0 saturated heterocycles. The minimum Gasteiger partial charge on any atom is -0.748 e. The van der Waals surface area contributed by atoms with Gasteiger partial charge < -0.3 is 9.45 Å². The average molecular weight is 189 g/mol. The summed E-state index contributed by atoms with van der Waals surface area (Å²) in [5.41, 5.74) is 0. The van der Waals surface area contributed by atoms with Gasteiger partial charge in [0.1, 0.15) is 0 Å². The second-order valence-corrected chi connectivity index (χ2v) is 3.37. The third-order valence-electron chi connectivity index (χ3n) is 0.874. The van der Waals surface area contributed by atoms with E-state index in [1.165, 1.54) is 7.05 Å². The summed E-state index contributed by atoms with van der Waals surface area (Å²) < 4.78 is 29.9. The Balaban J connectivity index is 0. The molecule has 0 radical (unpaired) electrons. The number of nitrogens with zero attached hydrogens (tertiary/aromatic N) is 1. The van der Waals surface area contributed by atoms with Crippen molar-refractivity contribution in [2.75, 3.05) is 19.3 Å². The van der Waals surface area contributed by atoms with Crippen LogP contribution in [0.25, 0.3) is 0 Å². The predicted molar refractivity (Wildman–Crippen MR) is 33.3 cm³/mol. The zero-order valence-electron chi connectivity index (χ0n) is 6.48. The Kier molecular flexibility index (Phi) is 7.55. The van der Waals surface area contributed by atoms with Gasteiger partial charge in [-0.25, -0.2) is 8.42 Å². The maximum atomic E-state index is 9.95. The fourth-order valence-electron chi connectivity index (χ4n) is 0.308. The first kappa shape index (κ1) is 13.9. The normalized spacial score (nSPS) is 10.0. The zero-order chi connectivity index (χ0) is 8.20. The predicted octanol–water partition coefficient (Wildman–Crippen LogP) is -4.38. The van der Waals surface area contributed by atoms with Gasteiger partial charge in [-0.3, -0.25) is 4.79 Å². The molecule has 1 amide bonds. The van der Waals surface area contributed by atoms with Crippen LogP contribution in [0, 0.1) is 0 Å². The average Bonchev–Trinajstić information content (AvgIpc) is 1.81. The molecular weight excluding hydrogens is 181 g/mol. The second-order valence-electron chi connectivity index (χ2n) is 1.85. The molecule has 0 rings (SSSR count). The van der Waals surface area contributed by atoms with E-state index in [0.717, 1.165) is 4.90 Å². The van der Waals surface area contributed by atoms with E-state index in [4.69, 9.17) is 0 Å².